The molecule has 50 heavy (non-hydrogen) atoms. The van der Waals surface area contributed by atoms with Gasteiger partial charge < -0.3 is 10.4 Å². The highest BCUT2D eigenvalue weighted by Gasteiger charge is 2.28. The Morgan fingerprint density at radius 2 is 1.26 bits per heavy atom. The number of hydrogen-bond donors (Lipinski definition) is 5. The molecule has 0 atom stereocenters. The van der Waals surface area contributed by atoms with E-state index in [1.807, 2.05) is 53.7 Å². The molecule has 0 spiro atoms. The summed E-state index contributed by atoms with van der Waals surface area (Å²) in [4.78, 5) is 14.4. The van der Waals surface area contributed by atoms with Crippen molar-refractivity contribution < 1.29 is 40.8 Å². The lowest BCUT2D eigenvalue weighted by Crippen LogP contribution is -2.68. The van der Waals surface area contributed by atoms with E-state index in [4.69, 9.17) is 0 Å². The minimum atomic E-state index is -5.07. The van der Waals surface area contributed by atoms with Crippen molar-refractivity contribution in [2.24, 2.45) is 0 Å². The lowest BCUT2D eigenvalue weighted by atomic mass is 9.88. The van der Waals surface area contributed by atoms with E-state index in [-0.39, 0.29) is 28.0 Å². The van der Waals surface area contributed by atoms with Crippen LogP contribution in [0.3, 0.4) is 0 Å². The van der Waals surface area contributed by atoms with Gasteiger partial charge in [-0.15, -0.1) is 0 Å². The minimum absolute atomic E-state index is 0.117. The van der Waals surface area contributed by atoms with Crippen LogP contribution in [0.4, 0.5) is 17.1 Å². The fourth-order valence-electron chi connectivity index (χ4n) is 6.30. The average Bonchev–Trinajstić information content (AvgIpc) is 3.01. The van der Waals surface area contributed by atoms with Crippen LogP contribution in [0, 0.1) is 41.5 Å². The molecule has 0 unspecified atom stereocenters. The van der Waals surface area contributed by atoms with Gasteiger partial charge in [-0.25, -0.2) is 9.79 Å². The molecule has 4 aromatic carbocycles. The largest absolute Gasteiger partial charge is 0.477 e. The Kier molecular flexibility index (Phi) is 9.86. The maximum absolute atomic E-state index is 12.7. The first-order valence-electron chi connectivity index (χ1n) is 15.5. The van der Waals surface area contributed by atoms with Gasteiger partial charge in [0, 0.05) is 34.1 Å². The van der Waals surface area contributed by atoms with Gasteiger partial charge in [0.25, 0.3) is 20.2 Å². The Labute approximate surface area is 291 Å². The summed E-state index contributed by atoms with van der Waals surface area (Å²) in [6, 6.07) is 17.8. The van der Waals surface area contributed by atoms with Crippen LogP contribution in [-0.4, -0.2) is 42.7 Å². The van der Waals surface area contributed by atoms with Gasteiger partial charge >= 0.3 is 5.97 Å². The predicted molar refractivity (Wildman–Crippen MR) is 194 cm³/mol. The SMILES string of the molecule is Cc1cc(C)c(Nc2ccc(C(=C3C=CC(=[NH+]c4c(C)cc(C)cc4C)C(C(=O)O)=C3)c3ccc(S(=O)(=O)O)cc3S(=O)(=O)O)cc2)c(C)c1. The number of rotatable bonds is 8. The quantitative estimate of drug-likeness (QED) is 0.137. The van der Waals surface area contributed by atoms with E-state index in [9.17, 15) is 35.8 Å². The molecule has 10 nitrogen and oxygen atoms in total. The minimum Gasteiger partial charge on any atom is -0.477 e. The van der Waals surface area contributed by atoms with Crippen LogP contribution in [0.1, 0.15) is 44.5 Å². The van der Waals surface area contributed by atoms with Crippen molar-refractivity contribution in [1.29, 1.82) is 0 Å². The third-order valence-corrected chi connectivity index (χ3v) is 10.1. The van der Waals surface area contributed by atoms with Crippen LogP contribution in [0.5, 0.6) is 0 Å². The van der Waals surface area contributed by atoms with Gasteiger partial charge in [-0.05, 0) is 118 Å². The Morgan fingerprint density at radius 1 is 0.700 bits per heavy atom. The van der Waals surface area contributed by atoms with Gasteiger partial charge in [0.1, 0.15) is 10.5 Å². The number of aliphatic carboxylic acids is 1. The van der Waals surface area contributed by atoms with Gasteiger partial charge in [-0.1, -0.05) is 41.5 Å². The number of allylic oxidation sites excluding steroid dienone is 4. The third-order valence-electron chi connectivity index (χ3n) is 8.39. The van der Waals surface area contributed by atoms with E-state index in [1.54, 1.807) is 36.4 Å². The maximum atomic E-state index is 12.7. The molecule has 0 saturated heterocycles. The second-order valence-electron chi connectivity index (χ2n) is 12.4. The van der Waals surface area contributed by atoms with Crippen LogP contribution in [0.15, 0.2) is 106 Å². The van der Waals surface area contributed by atoms with Gasteiger partial charge in [-0.3, -0.25) is 9.11 Å². The van der Waals surface area contributed by atoms with Gasteiger partial charge in [-0.2, -0.15) is 16.8 Å². The number of carboxylic acid groups (broad SMARTS) is 1. The number of hydrogen-bond acceptors (Lipinski definition) is 6. The standard InChI is InChI=1S/C38H36N2O8S2/c1-21-15-23(3)36(24(4)16-21)39-29-10-7-27(8-11-29)35(31-13-12-30(49(43,44)45)20-34(31)50(46,47)48)28-9-14-33(32(19-28)38(41)42)40-37-25(5)17-22(2)18-26(37)6/h7-20,39H,1-6H3,(H,41,42)(H,43,44,45)(H,46,47,48)/p+1. The summed E-state index contributed by atoms with van der Waals surface area (Å²) in [7, 11) is -9.91. The first-order chi connectivity index (χ1) is 23.3. The second kappa shape index (κ2) is 13.6. The highest BCUT2D eigenvalue weighted by Crippen LogP contribution is 2.37. The van der Waals surface area contributed by atoms with Gasteiger partial charge in [0.15, 0.2) is 0 Å². The van der Waals surface area contributed by atoms with Crippen molar-refractivity contribution in [2.45, 2.75) is 51.3 Å². The van der Waals surface area contributed by atoms with Crippen molar-refractivity contribution in [3.05, 3.63) is 141 Å². The summed E-state index contributed by atoms with van der Waals surface area (Å²) < 4.78 is 69.3. The normalized spacial score (nSPS) is 15.2. The Bertz CT molecular complexity index is 2370. The predicted octanol–water partition coefficient (Wildman–Crippen LogP) is 6.01. The van der Waals surface area contributed by atoms with Crippen LogP contribution < -0.4 is 10.3 Å². The first kappa shape index (κ1) is 36.1. The number of benzene rings is 4. The van der Waals surface area contributed by atoms with Gasteiger partial charge in [0.2, 0.25) is 11.4 Å². The second-order valence-corrected chi connectivity index (χ2v) is 15.2. The van der Waals surface area contributed by atoms with Crippen molar-refractivity contribution in [1.82, 2.24) is 0 Å². The van der Waals surface area contributed by atoms with E-state index < -0.39 is 36.0 Å². The molecular weight excluding hydrogens is 677 g/mol. The molecule has 4 aromatic rings. The Hall–Kier alpha value is -5.14. The maximum Gasteiger partial charge on any atom is 0.342 e. The highest BCUT2D eigenvalue weighted by atomic mass is 32.2. The summed E-state index contributed by atoms with van der Waals surface area (Å²) >= 11 is 0. The van der Waals surface area contributed by atoms with Crippen LogP contribution in [0.25, 0.3) is 5.57 Å². The summed E-state index contributed by atoms with van der Waals surface area (Å²) in [5.41, 5.74) is 9.41. The summed E-state index contributed by atoms with van der Waals surface area (Å²) in [5, 5.41) is 13.7. The summed E-state index contributed by atoms with van der Waals surface area (Å²) in [6.07, 6.45) is 4.56. The first-order valence-corrected chi connectivity index (χ1v) is 18.4. The zero-order valence-corrected chi connectivity index (χ0v) is 29.9. The highest BCUT2D eigenvalue weighted by molar-refractivity contribution is 7.86. The number of anilines is 2. The molecule has 0 heterocycles. The van der Waals surface area contributed by atoms with E-state index in [0.717, 1.165) is 62.6 Å². The molecule has 1 aliphatic carbocycles. The molecule has 5 rings (SSSR count). The van der Waals surface area contributed by atoms with Crippen LogP contribution >= 0.6 is 0 Å². The number of aryl methyl sites for hydroxylation is 6. The van der Waals surface area contributed by atoms with Crippen LogP contribution in [-0.2, 0) is 25.0 Å². The van der Waals surface area contributed by atoms with Gasteiger partial charge in [0.05, 0.1) is 4.90 Å². The fourth-order valence-corrected chi connectivity index (χ4v) is 7.61. The Morgan fingerprint density at radius 3 is 1.78 bits per heavy atom. The van der Waals surface area contributed by atoms with Crippen LogP contribution in [0.2, 0.25) is 0 Å². The van der Waals surface area contributed by atoms with E-state index in [0.29, 0.717) is 11.6 Å². The summed E-state index contributed by atoms with van der Waals surface area (Å²) in [5.74, 6) is -1.25. The molecule has 0 fully saturated rings. The molecular formula is C38H37N2O8S2+. The third kappa shape index (κ3) is 7.68. The fraction of sp³-hybridized carbons (Fsp3) is 0.158. The lowest BCUT2D eigenvalue weighted by molar-refractivity contribution is -0.353. The Balaban J connectivity index is 1.74. The zero-order valence-electron chi connectivity index (χ0n) is 28.3. The zero-order chi connectivity index (χ0) is 36.7. The smallest absolute Gasteiger partial charge is 0.342 e. The molecule has 0 aliphatic heterocycles. The molecule has 0 aromatic heterocycles. The molecule has 12 heteroatoms. The molecule has 5 N–H and O–H groups in total. The molecule has 0 radical (unpaired) electrons. The van der Waals surface area contributed by atoms with E-state index in [1.165, 1.54) is 6.08 Å². The van der Waals surface area contributed by atoms with Crippen molar-refractivity contribution in [2.75, 3.05) is 5.32 Å². The monoisotopic (exact) mass is 713 g/mol. The molecule has 0 bridgehead atoms. The number of carbonyl (C=O) groups is 1. The van der Waals surface area contributed by atoms with Crippen molar-refractivity contribution in [3.8, 4) is 0 Å². The molecule has 0 amide bonds. The average molecular weight is 714 g/mol. The van der Waals surface area contributed by atoms with E-state index >= 15 is 0 Å². The van der Waals surface area contributed by atoms with Crippen molar-refractivity contribution in [3.63, 3.8) is 0 Å². The molecule has 1 aliphatic rings. The number of nitrogens with one attached hydrogen (secondary N) is 2. The number of carboxylic acids is 1. The topological polar surface area (TPSA) is 172 Å². The van der Waals surface area contributed by atoms with Crippen molar-refractivity contribution >= 4 is 54.6 Å². The molecule has 258 valence electrons. The summed E-state index contributed by atoms with van der Waals surface area (Å²) in [6.45, 7) is 11.8. The lowest BCUT2D eigenvalue weighted by Gasteiger charge is -2.18. The van der Waals surface area contributed by atoms with E-state index in [2.05, 4.69) is 22.4 Å². The molecule has 0 saturated carbocycles.